The summed E-state index contributed by atoms with van der Waals surface area (Å²) < 4.78 is 0. The fourth-order valence-electron chi connectivity index (χ4n) is 1.01. The Morgan fingerprint density at radius 3 is 2.25 bits per heavy atom. The summed E-state index contributed by atoms with van der Waals surface area (Å²) in [5.41, 5.74) is 4.80. The van der Waals surface area contributed by atoms with Crippen molar-refractivity contribution in [2.24, 2.45) is 0 Å². The molecule has 0 heterocycles. The van der Waals surface area contributed by atoms with Gasteiger partial charge in [-0.15, -0.1) is 0 Å². The zero-order valence-corrected chi connectivity index (χ0v) is 8.11. The minimum Gasteiger partial charge on any atom is -0.344 e. The predicted octanol–water partition coefficient (Wildman–Crippen LogP) is 3.06. The second-order valence-corrected chi connectivity index (χ2v) is 3.21. The maximum absolute atomic E-state index is 4.56. The SMILES string of the molecule is CC(C)c1ccc(N[C]=S)cc1. The maximum Gasteiger partial charge on any atom is 0.138 e. The van der Waals surface area contributed by atoms with Crippen molar-refractivity contribution in [2.45, 2.75) is 19.8 Å². The molecule has 0 aromatic heterocycles. The van der Waals surface area contributed by atoms with Gasteiger partial charge in [-0.25, -0.2) is 0 Å². The molecule has 1 radical (unpaired) electrons. The molecule has 0 fully saturated rings. The first-order valence-electron chi connectivity index (χ1n) is 3.97. The van der Waals surface area contributed by atoms with Crippen LogP contribution in [0.3, 0.4) is 0 Å². The lowest BCUT2D eigenvalue weighted by Crippen LogP contribution is -1.92. The molecule has 0 aliphatic carbocycles. The quantitative estimate of drug-likeness (QED) is 0.564. The van der Waals surface area contributed by atoms with Crippen LogP contribution in [0, 0.1) is 0 Å². The lowest BCUT2D eigenvalue weighted by molar-refractivity contribution is 0.867. The molecule has 0 bridgehead atoms. The van der Waals surface area contributed by atoms with Crippen molar-refractivity contribution in [2.75, 3.05) is 5.32 Å². The van der Waals surface area contributed by atoms with Crippen molar-refractivity contribution in [3.63, 3.8) is 0 Å². The highest BCUT2D eigenvalue weighted by Crippen LogP contribution is 2.16. The molecule has 0 unspecified atom stereocenters. The third-order valence-electron chi connectivity index (χ3n) is 1.77. The average Bonchev–Trinajstić information content (AvgIpc) is 2.06. The standard InChI is InChI=1S/C10H12NS/c1-8(2)9-3-5-10(6-4-9)11-7-12/h3-6,8H,1-2H3,(H,11,12). The van der Waals surface area contributed by atoms with Crippen molar-refractivity contribution < 1.29 is 0 Å². The van der Waals surface area contributed by atoms with E-state index in [1.54, 1.807) is 0 Å². The number of rotatable bonds is 3. The number of hydrogen-bond acceptors (Lipinski definition) is 1. The maximum atomic E-state index is 4.56. The van der Waals surface area contributed by atoms with Crippen LogP contribution >= 0.6 is 12.2 Å². The van der Waals surface area contributed by atoms with E-state index >= 15 is 0 Å². The molecule has 0 saturated heterocycles. The van der Waals surface area contributed by atoms with Crippen LogP contribution in [0.15, 0.2) is 24.3 Å². The van der Waals surface area contributed by atoms with Crippen LogP contribution in [-0.4, -0.2) is 5.49 Å². The highest BCUT2D eigenvalue weighted by Gasteiger charge is 1.97. The van der Waals surface area contributed by atoms with E-state index in [4.69, 9.17) is 0 Å². The molecule has 12 heavy (non-hydrogen) atoms. The van der Waals surface area contributed by atoms with Gasteiger partial charge >= 0.3 is 0 Å². The van der Waals surface area contributed by atoms with E-state index in [2.05, 4.69) is 49.0 Å². The molecule has 0 atom stereocenters. The van der Waals surface area contributed by atoms with Crippen LogP contribution in [0.1, 0.15) is 25.3 Å². The Hall–Kier alpha value is -0.890. The smallest absolute Gasteiger partial charge is 0.138 e. The average molecular weight is 178 g/mol. The van der Waals surface area contributed by atoms with E-state index in [9.17, 15) is 0 Å². The van der Waals surface area contributed by atoms with Crippen LogP contribution in [0.4, 0.5) is 5.69 Å². The van der Waals surface area contributed by atoms with Gasteiger partial charge in [-0.2, -0.15) is 0 Å². The number of hydrogen-bond donors (Lipinski definition) is 1. The highest BCUT2D eigenvalue weighted by atomic mass is 32.1. The molecule has 0 aliphatic heterocycles. The van der Waals surface area contributed by atoms with Crippen molar-refractivity contribution in [1.82, 2.24) is 0 Å². The molecule has 1 aromatic carbocycles. The van der Waals surface area contributed by atoms with E-state index in [-0.39, 0.29) is 0 Å². The summed E-state index contributed by atoms with van der Waals surface area (Å²) in [6.07, 6.45) is 0. The zero-order chi connectivity index (χ0) is 8.97. The molecule has 0 saturated carbocycles. The molecule has 2 heteroatoms. The summed E-state index contributed by atoms with van der Waals surface area (Å²) in [5, 5.41) is 2.84. The number of nitrogens with one attached hydrogen (secondary N) is 1. The minimum atomic E-state index is 0.579. The van der Waals surface area contributed by atoms with Crippen molar-refractivity contribution in [3.05, 3.63) is 29.8 Å². The van der Waals surface area contributed by atoms with Gasteiger partial charge in [-0.05, 0) is 23.6 Å². The van der Waals surface area contributed by atoms with Gasteiger partial charge in [-0.1, -0.05) is 38.2 Å². The first-order chi connectivity index (χ1) is 5.74. The molecule has 63 valence electrons. The summed E-state index contributed by atoms with van der Waals surface area (Å²) in [6.45, 7) is 4.35. The Morgan fingerprint density at radius 1 is 1.25 bits per heavy atom. The van der Waals surface area contributed by atoms with Gasteiger partial charge in [0, 0.05) is 5.69 Å². The molecule has 0 amide bonds. The van der Waals surface area contributed by atoms with Crippen LogP contribution in [0.2, 0.25) is 0 Å². The summed E-state index contributed by atoms with van der Waals surface area (Å²) in [5.74, 6) is 0.579. The van der Waals surface area contributed by atoms with Crippen LogP contribution in [-0.2, 0) is 0 Å². The van der Waals surface area contributed by atoms with E-state index in [0.717, 1.165) is 5.69 Å². The zero-order valence-electron chi connectivity index (χ0n) is 7.29. The topological polar surface area (TPSA) is 12.0 Å². The first-order valence-corrected chi connectivity index (χ1v) is 4.38. The van der Waals surface area contributed by atoms with Crippen molar-refractivity contribution in [3.8, 4) is 0 Å². The van der Waals surface area contributed by atoms with Crippen molar-refractivity contribution >= 4 is 23.4 Å². The second kappa shape index (κ2) is 4.21. The number of thiocarbonyl (C=S) groups is 1. The Kier molecular flexibility index (Phi) is 3.23. The van der Waals surface area contributed by atoms with Gasteiger partial charge in [0.1, 0.15) is 5.49 Å². The monoisotopic (exact) mass is 178 g/mol. The van der Waals surface area contributed by atoms with Gasteiger partial charge in [0.15, 0.2) is 0 Å². The van der Waals surface area contributed by atoms with Crippen molar-refractivity contribution in [1.29, 1.82) is 0 Å². The van der Waals surface area contributed by atoms with Gasteiger partial charge in [0.05, 0.1) is 0 Å². The van der Waals surface area contributed by atoms with Gasteiger partial charge in [-0.3, -0.25) is 0 Å². The van der Waals surface area contributed by atoms with Crippen LogP contribution < -0.4 is 5.32 Å². The molecule has 1 rings (SSSR count). The molecular formula is C10H12NS. The van der Waals surface area contributed by atoms with E-state index in [1.807, 2.05) is 12.1 Å². The van der Waals surface area contributed by atoms with E-state index in [0.29, 0.717) is 5.92 Å². The summed E-state index contributed by atoms with van der Waals surface area (Å²) in [7, 11) is 0. The molecular weight excluding hydrogens is 166 g/mol. The first kappa shape index (κ1) is 9.20. The van der Waals surface area contributed by atoms with E-state index in [1.165, 1.54) is 5.56 Å². The Balaban J connectivity index is 2.78. The molecule has 0 aliphatic rings. The van der Waals surface area contributed by atoms with Gasteiger partial charge < -0.3 is 5.32 Å². The Labute approximate surface area is 78.8 Å². The van der Waals surface area contributed by atoms with Gasteiger partial charge in [0.25, 0.3) is 0 Å². The molecule has 1 N–H and O–H groups in total. The third kappa shape index (κ3) is 2.31. The predicted molar refractivity (Wildman–Crippen MR) is 56.8 cm³/mol. The molecule has 1 aromatic rings. The summed E-state index contributed by atoms with van der Waals surface area (Å²) >= 11 is 4.56. The summed E-state index contributed by atoms with van der Waals surface area (Å²) in [6, 6.07) is 8.21. The van der Waals surface area contributed by atoms with E-state index < -0.39 is 0 Å². The van der Waals surface area contributed by atoms with Crippen LogP contribution in [0.5, 0.6) is 0 Å². The number of anilines is 1. The Morgan fingerprint density at radius 2 is 1.83 bits per heavy atom. The lowest BCUT2D eigenvalue weighted by atomic mass is 10.0. The Bertz CT molecular complexity index is 251. The third-order valence-corrected chi connectivity index (χ3v) is 1.87. The minimum absolute atomic E-state index is 0.579. The summed E-state index contributed by atoms with van der Waals surface area (Å²) in [4.78, 5) is 0. The lowest BCUT2D eigenvalue weighted by Gasteiger charge is -2.05. The normalized spacial score (nSPS) is 9.92. The molecule has 1 nitrogen and oxygen atoms in total. The van der Waals surface area contributed by atoms with Gasteiger partial charge in [0.2, 0.25) is 0 Å². The fraction of sp³-hybridized carbons (Fsp3) is 0.300. The highest BCUT2D eigenvalue weighted by molar-refractivity contribution is 7.79. The fourth-order valence-corrected chi connectivity index (χ4v) is 1.13. The van der Waals surface area contributed by atoms with Crippen LogP contribution in [0.25, 0.3) is 0 Å². The second-order valence-electron chi connectivity index (χ2n) is 3.00. The number of benzene rings is 1. The largest absolute Gasteiger partial charge is 0.344 e. The molecule has 0 spiro atoms.